The summed E-state index contributed by atoms with van der Waals surface area (Å²) in [6.07, 6.45) is 19.9. The van der Waals surface area contributed by atoms with E-state index in [0.29, 0.717) is 5.54 Å². The molecular weight excluding hydrogens is 290 g/mol. The summed E-state index contributed by atoms with van der Waals surface area (Å²) in [5.41, 5.74) is 0.509. The Bertz CT molecular complexity index is 200. The minimum atomic E-state index is 0. The second-order valence-electron chi connectivity index (χ2n) is 7.60. The smallest absolute Gasteiger partial charge is 0.0944 e. The van der Waals surface area contributed by atoms with Gasteiger partial charge in [0.1, 0.15) is 0 Å². The highest BCUT2D eigenvalue weighted by Crippen LogP contribution is 2.20. The highest BCUT2D eigenvalue weighted by molar-refractivity contribution is 4.72. The standard InChI is InChI=1S/C20H43N.ClH/c1-6-8-10-12-14-16-18-20(3,21(4)5)19-17-15-13-11-9-7-2;/h6-19H2,1-5H3;1H. The predicted molar refractivity (Wildman–Crippen MR) is 97.2 cm³/mol. The number of quaternary nitrogens is 1. The number of nitrogens with one attached hydrogen (secondary N) is 1. The molecule has 0 amide bonds. The van der Waals surface area contributed by atoms with Crippen molar-refractivity contribution in [2.45, 2.75) is 116 Å². The molecule has 0 aliphatic heterocycles. The van der Waals surface area contributed by atoms with Crippen LogP contribution in [0.1, 0.15) is 111 Å². The van der Waals surface area contributed by atoms with Gasteiger partial charge in [0.2, 0.25) is 0 Å². The van der Waals surface area contributed by atoms with Gasteiger partial charge in [0, 0.05) is 12.8 Å². The van der Waals surface area contributed by atoms with Gasteiger partial charge in [0.15, 0.2) is 0 Å². The average molecular weight is 334 g/mol. The molecule has 0 fully saturated rings. The predicted octanol–water partition coefficient (Wildman–Crippen LogP) is 2.39. The van der Waals surface area contributed by atoms with E-state index in [1.807, 2.05) is 0 Å². The number of halogens is 1. The topological polar surface area (TPSA) is 4.44 Å². The van der Waals surface area contributed by atoms with Gasteiger partial charge in [-0.3, -0.25) is 0 Å². The first-order chi connectivity index (χ1) is 10.1. The van der Waals surface area contributed by atoms with E-state index >= 15 is 0 Å². The molecule has 2 heteroatoms. The zero-order chi connectivity index (χ0) is 16.0. The van der Waals surface area contributed by atoms with Crippen molar-refractivity contribution >= 4 is 0 Å². The summed E-state index contributed by atoms with van der Waals surface area (Å²) in [4.78, 5) is 1.66. The van der Waals surface area contributed by atoms with Crippen molar-refractivity contribution in [3.8, 4) is 0 Å². The molecule has 0 rings (SSSR count). The molecular formula is C20H44ClN. The van der Waals surface area contributed by atoms with Crippen molar-refractivity contribution in [3.05, 3.63) is 0 Å². The maximum Gasteiger partial charge on any atom is 0.0944 e. The van der Waals surface area contributed by atoms with Crippen LogP contribution in [0.3, 0.4) is 0 Å². The third-order valence-electron chi connectivity index (χ3n) is 5.37. The van der Waals surface area contributed by atoms with E-state index in [2.05, 4.69) is 34.9 Å². The lowest BCUT2D eigenvalue weighted by Gasteiger charge is -2.33. The van der Waals surface area contributed by atoms with Crippen molar-refractivity contribution in [3.63, 3.8) is 0 Å². The van der Waals surface area contributed by atoms with E-state index in [9.17, 15) is 0 Å². The minimum absolute atomic E-state index is 0. The quantitative estimate of drug-likeness (QED) is 0.439. The van der Waals surface area contributed by atoms with E-state index in [0.717, 1.165) is 0 Å². The SMILES string of the molecule is CCCCCCCCC(C)(CCCCCCCC)[NH+](C)C.[Cl-]. The van der Waals surface area contributed by atoms with Gasteiger partial charge in [-0.1, -0.05) is 78.1 Å². The van der Waals surface area contributed by atoms with Crippen LogP contribution in [0.15, 0.2) is 0 Å². The summed E-state index contributed by atoms with van der Waals surface area (Å²) in [5, 5.41) is 0. The van der Waals surface area contributed by atoms with E-state index in [1.165, 1.54) is 89.9 Å². The molecule has 0 aliphatic carbocycles. The van der Waals surface area contributed by atoms with Crippen LogP contribution in [0.5, 0.6) is 0 Å². The van der Waals surface area contributed by atoms with Crippen LogP contribution in [0, 0.1) is 0 Å². The van der Waals surface area contributed by atoms with E-state index in [1.54, 1.807) is 4.90 Å². The van der Waals surface area contributed by atoms with Gasteiger partial charge in [-0.25, -0.2) is 0 Å². The molecule has 1 nitrogen and oxygen atoms in total. The normalized spacial score (nSPS) is 11.7. The van der Waals surface area contributed by atoms with Gasteiger partial charge >= 0.3 is 0 Å². The summed E-state index contributed by atoms with van der Waals surface area (Å²) in [6, 6.07) is 0. The number of hydrogen-bond acceptors (Lipinski definition) is 0. The molecule has 0 heterocycles. The molecule has 0 aromatic heterocycles. The summed E-state index contributed by atoms with van der Waals surface area (Å²) >= 11 is 0. The largest absolute Gasteiger partial charge is 1.00 e. The Hall–Kier alpha value is 0.250. The third-order valence-corrected chi connectivity index (χ3v) is 5.37. The maximum absolute atomic E-state index is 2.51. The Morgan fingerprint density at radius 3 is 1.23 bits per heavy atom. The zero-order valence-electron chi connectivity index (χ0n) is 16.3. The summed E-state index contributed by atoms with van der Waals surface area (Å²) in [5.74, 6) is 0. The molecule has 0 saturated heterocycles. The van der Waals surface area contributed by atoms with Crippen LogP contribution in [0.2, 0.25) is 0 Å². The Balaban J connectivity index is 0. The average Bonchev–Trinajstić information content (AvgIpc) is 2.46. The first-order valence-electron chi connectivity index (χ1n) is 9.87. The molecule has 0 saturated carbocycles. The van der Waals surface area contributed by atoms with Gasteiger partial charge < -0.3 is 17.3 Å². The molecule has 136 valence electrons. The van der Waals surface area contributed by atoms with Crippen LogP contribution < -0.4 is 17.3 Å². The van der Waals surface area contributed by atoms with E-state index < -0.39 is 0 Å². The number of rotatable bonds is 15. The fourth-order valence-corrected chi connectivity index (χ4v) is 3.22. The molecule has 1 N–H and O–H groups in total. The van der Waals surface area contributed by atoms with Gasteiger partial charge in [-0.15, -0.1) is 0 Å². The van der Waals surface area contributed by atoms with Crippen molar-refractivity contribution < 1.29 is 17.3 Å². The lowest BCUT2D eigenvalue weighted by atomic mass is 9.87. The van der Waals surface area contributed by atoms with Crippen molar-refractivity contribution in [1.82, 2.24) is 0 Å². The van der Waals surface area contributed by atoms with Crippen molar-refractivity contribution in [1.29, 1.82) is 0 Å². The third kappa shape index (κ3) is 12.8. The van der Waals surface area contributed by atoms with Crippen molar-refractivity contribution in [2.24, 2.45) is 0 Å². The molecule has 0 aliphatic rings. The molecule has 0 bridgehead atoms. The Kier molecular flexibility index (Phi) is 18.0. The van der Waals surface area contributed by atoms with Crippen LogP contribution in [0.4, 0.5) is 0 Å². The maximum atomic E-state index is 2.51. The first-order valence-corrected chi connectivity index (χ1v) is 9.87. The Morgan fingerprint density at radius 2 is 0.909 bits per heavy atom. The van der Waals surface area contributed by atoms with Gasteiger partial charge in [-0.05, 0) is 19.8 Å². The lowest BCUT2D eigenvalue weighted by molar-refractivity contribution is -0.914. The molecule has 0 radical (unpaired) electrons. The molecule has 0 spiro atoms. The second-order valence-corrected chi connectivity index (χ2v) is 7.60. The molecule has 0 aromatic rings. The monoisotopic (exact) mass is 333 g/mol. The van der Waals surface area contributed by atoms with Gasteiger partial charge in [-0.2, -0.15) is 0 Å². The van der Waals surface area contributed by atoms with Gasteiger partial charge in [0.25, 0.3) is 0 Å². The van der Waals surface area contributed by atoms with Crippen LogP contribution in [-0.4, -0.2) is 19.6 Å². The minimum Gasteiger partial charge on any atom is -1.00 e. The van der Waals surface area contributed by atoms with E-state index in [-0.39, 0.29) is 12.4 Å². The highest BCUT2D eigenvalue weighted by atomic mass is 35.5. The summed E-state index contributed by atoms with van der Waals surface area (Å²) in [7, 11) is 4.71. The molecule has 0 unspecified atom stereocenters. The summed E-state index contributed by atoms with van der Waals surface area (Å²) in [6.45, 7) is 7.11. The number of hydrogen-bond donors (Lipinski definition) is 1. The molecule has 22 heavy (non-hydrogen) atoms. The van der Waals surface area contributed by atoms with Crippen molar-refractivity contribution in [2.75, 3.05) is 14.1 Å². The molecule has 0 aromatic carbocycles. The Labute approximate surface area is 148 Å². The lowest BCUT2D eigenvalue weighted by Crippen LogP contribution is -3.14. The Morgan fingerprint density at radius 1 is 0.591 bits per heavy atom. The van der Waals surface area contributed by atoms with Crippen LogP contribution >= 0.6 is 0 Å². The summed E-state index contributed by atoms with van der Waals surface area (Å²) < 4.78 is 0. The van der Waals surface area contributed by atoms with Crippen LogP contribution in [0.25, 0.3) is 0 Å². The highest BCUT2D eigenvalue weighted by Gasteiger charge is 2.29. The second kappa shape index (κ2) is 16.1. The van der Waals surface area contributed by atoms with E-state index in [4.69, 9.17) is 0 Å². The van der Waals surface area contributed by atoms with Crippen LogP contribution in [-0.2, 0) is 0 Å². The zero-order valence-corrected chi connectivity index (χ0v) is 17.0. The fraction of sp³-hybridized carbons (Fsp3) is 1.00. The number of unbranched alkanes of at least 4 members (excludes halogenated alkanes) is 10. The van der Waals surface area contributed by atoms with Gasteiger partial charge in [0.05, 0.1) is 19.6 Å². The molecule has 0 atom stereocenters. The fourth-order valence-electron chi connectivity index (χ4n) is 3.22. The first kappa shape index (κ1) is 24.5.